The Bertz CT molecular complexity index is 880. The Morgan fingerprint density at radius 1 is 1.00 bits per heavy atom. The topological polar surface area (TPSA) is 58.2 Å². The van der Waals surface area contributed by atoms with E-state index in [1.165, 1.54) is 0 Å². The number of hydrogen-bond donors (Lipinski definition) is 2. The van der Waals surface area contributed by atoms with Crippen molar-refractivity contribution in [3.8, 4) is 11.1 Å². The van der Waals surface area contributed by atoms with Crippen LogP contribution in [-0.4, -0.2) is 30.6 Å². The van der Waals surface area contributed by atoms with E-state index in [1.54, 1.807) is 0 Å². The Hall–Kier alpha value is -2.83. The van der Waals surface area contributed by atoms with Gasteiger partial charge in [0.2, 0.25) is 11.8 Å². The second-order valence-electron chi connectivity index (χ2n) is 7.20. The van der Waals surface area contributed by atoms with Crippen molar-refractivity contribution in [3.05, 3.63) is 59.7 Å². The molecule has 2 unspecified atom stereocenters. The summed E-state index contributed by atoms with van der Waals surface area (Å²) in [5, 5.41) is 4.70. The van der Waals surface area contributed by atoms with Gasteiger partial charge >= 0.3 is 6.18 Å². The number of alkyl halides is 3. The number of rotatable bonds is 3. The van der Waals surface area contributed by atoms with Crippen molar-refractivity contribution in [3.63, 3.8) is 0 Å². The normalized spacial score (nSPS) is 21.6. The first-order valence-electron chi connectivity index (χ1n) is 9.19. The fourth-order valence-corrected chi connectivity index (χ4v) is 4.11. The van der Waals surface area contributed by atoms with Crippen LogP contribution in [0.5, 0.6) is 0 Å². The summed E-state index contributed by atoms with van der Waals surface area (Å²) in [4.78, 5) is 24.5. The van der Waals surface area contributed by atoms with Crippen LogP contribution in [-0.2, 0) is 9.59 Å². The van der Waals surface area contributed by atoms with Gasteiger partial charge in [0, 0.05) is 12.5 Å². The lowest BCUT2D eigenvalue weighted by Crippen LogP contribution is -2.54. The van der Waals surface area contributed by atoms with Crippen molar-refractivity contribution in [2.45, 2.75) is 31.0 Å². The highest BCUT2D eigenvalue weighted by molar-refractivity contribution is 6.01. The van der Waals surface area contributed by atoms with Gasteiger partial charge in [0.1, 0.15) is 12.0 Å². The van der Waals surface area contributed by atoms with Crippen LogP contribution >= 0.6 is 0 Å². The van der Waals surface area contributed by atoms with E-state index >= 15 is 0 Å². The number of fused-ring (bicyclic) bond motifs is 3. The van der Waals surface area contributed by atoms with Gasteiger partial charge in [0.15, 0.2) is 0 Å². The first-order valence-corrected chi connectivity index (χ1v) is 9.19. The third-order valence-electron chi connectivity index (χ3n) is 5.53. The Morgan fingerprint density at radius 2 is 1.57 bits per heavy atom. The number of benzene rings is 2. The van der Waals surface area contributed by atoms with E-state index in [2.05, 4.69) is 5.32 Å². The number of carbonyl (C=O) groups is 2. The fourth-order valence-electron chi connectivity index (χ4n) is 4.11. The molecule has 2 aromatic rings. The molecule has 2 aromatic carbocycles. The average Bonchev–Trinajstić information content (AvgIpc) is 2.99. The van der Waals surface area contributed by atoms with Gasteiger partial charge in [0.25, 0.3) is 0 Å². The molecule has 2 aliphatic rings. The summed E-state index contributed by atoms with van der Waals surface area (Å²) in [7, 11) is 0. The van der Waals surface area contributed by atoms with Crippen LogP contribution in [0.2, 0.25) is 0 Å². The lowest BCUT2D eigenvalue weighted by Gasteiger charge is -2.30. The average molecular weight is 388 g/mol. The predicted molar refractivity (Wildman–Crippen MR) is 97.4 cm³/mol. The largest absolute Gasteiger partial charge is 0.408 e. The van der Waals surface area contributed by atoms with Crippen LogP contribution in [0.15, 0.2) is 48.5 Å². The maximum Gasteiger partial charge on any atom is 0.408 e. The minimum Gasteiger partial charge on any atom is -0.354 e. The molecule has 7 heteroatoms. The van der Waals surface area contributed by atoms with E-state index in [0.29, 0.717) is 6.54 Å². The number of carbonyl (C=O) groups excluding carboxylic acids is 2. The molecule has 4 nitrogen and oxygen atoms in total. The number of amides is 2. The van der Waals surface area contributed by atoms with Crippen molar-refractivity contribution in [2.24, 2.45) is 5.92 Å². The molecule has 0 radical (unpaired) electrons. The van der Waals surface area contributed by atoms with E-state index in [9.17, 15) is 22.8 Å². The molecule has 1 aliphatic carbocycles. The second kappa shape index (κ2) is 6.96. The maximum absolute atomic E-state index is 12.8. The third kappa shape index (κ3) is 3.25. The zero-order chi connectivity index (χ0) is 19.9. The summed E-state index contributed by atoms with van der Waals surface area (Å²) in [5.74, 6) is -2.53. The van der Waals surface area contributed by atoms with Crippen LogP contribution in [0.3, 0.4) is 0 Å². The molecule has 1 saturated heterocycles. The maximum atomic E-state index is 12.8. The molecule has 4 rings (SSSR count). The minimum absolute atomic E-state index is 0.0501. The molecule has 1 aliphatic heterocycles. The highest BCUT2D eigenvalue weighted by Gasteiger charge is 2.46. The molecule has 2 amide bonds. The Kier molecular flexibility index (Phi) is 4.61. The molecular formula is C21H19F3N2O2. The molecule has 2 N–H and O–H groups in total. The van der Waals surface area contributed by atoms with E-state index < -0.39 is 30.0 Å². The molecule has 1 fully saturated rings. The minimum atomic E-state index is -4.49. The van der Waals surface area contributed by atoms with Gasteiger partial charge in [-0.25, -0.2) is 0 Å². The second-order valence-corrected chi connectivity index (χ2v) is 7.20. The molecule has 0 spiro atoms. The van der Waals surface area contributed by atoms with Gasteiger partial charge in [-0.15, -0.1) is 0 Å². The van der Waals surface area contributed by atoms with Crippen molar-refractivity contribution in [2.75, 3.05) is 6.54 Å². The Balaban J connectivity index is 1.45. The van der Waals surface area contributed by atoms with Gasteiger partial charge in [-0.1, -0.05) is 48.5 Å². The highest BCUT2D eigenvalue weighted by Crippen LogP contribution is 2.44. The van der Waals surface area contributed by atoms with Gasteiger partial charge < -0.3 is 10.6 Å². The van der Waals surface area contributed by atoms with E-state index in [4.69, 9.17) is 0 Å². The predicted octanol–water partition coefficient (Wildman–Crippen LogP) is 3.37. The summed E-state index contributed by atoms with van der Waals surface area (Å²) >= 11 is 0. The fraction of sp³-hybridized carbons (Fsp3) is 0.333. The number of halogens is 3. The SMILES string of the molecule is O=C(NCC1c2ccccc2-c2ccccc21)C1CCC(C(F)(F)F)NC1=O. The molecule has 2 atom stereocenters. The van der Waals surface area contributed by atoms with Crippen molar-refractivity contribution >= 4 is 11.8 Å². The van der Waals surface area contributed by atoms with Gasteiger partial charge in [-0.05, 0) is 35.1 Å². The monoisotopic (exact) mass is 388 g/mol. The number of hydrogen-bond acceptors (Lipinski definition) is 2. The van der Waals surface area contributed by atoms with E-state index in [-0.39, 0.29) is 18.8 Å². The van der Waals surface area contributed by atoms with Crippen molar-refractivity contribution in [1.82, 2.24) is 10.6 Å². The van der Waals surface area contributed by atoms with Crippen LogP contribution in [0.4, 0.5) is 13.2 Å². The standard InChI is InChI=1S/C21H19F3N2O2/c22-21(23,24)18-10-9-16(20(28)26-18)19(27)25-11-17-14-7-3-1-5-12(14)13-6-2-4-8-15(13)17/h1-8,16-18H,9-11H2,(H,25,27)(H,26,28). The van der Waals surface area contributed by atoms with Crippen molar-refractivity contribution < 1.29 is 22.8 Å². The number of piperidine rings is 1. The van der Waals surface area contributed by atoms with Crippen molar-refractivity contribution in [1.29, 1.82) is 0 Å². The van der Waals surface area contributed by atoms with Crippen LogP contribution in [0, 0.1) is 5.92 Å². The van der Waals surface area contributed by atoms with E-state index in [1.807, 2.05) is 53.8 Å². The summed E-state index contributed by atoms with van der Waals surface area (Å²) in [5.41, 5.74) is 4.41. The summed E-state index contributed by atoms with van der Waals surface area (Å²) in [6, 6.07) is 14.0. The Morgan fingerprint density at radius 3 is 2.11 bits per heavy atom. The lowest BCUT2D eigenvalue weighted by atomic mass is 9.92. The van der Waals surface area contributed by atoms with Gasteiger partial charge in [-0.3, -0.25) is 9.59 Å². The zero-order valence-electron chi connectivity index (χ0n) is 14.9. The van der Waals surface area contributed by atoms with Gasteiger partial charge in [0.05, 0.1) is 0 Å². The first kappa shape index (κ1) is 18.5. The van der Waals surface area contributed by atoms with Gasteiger partial charge in [-0.2, -0.15) is 13.2 Å². The molecule has 146 valence electrons. The van der Waals surface area contributed by atoms with Crippen LogP contribution in [0.25, 0.3) is 11.1 Å². The summed E-state index contributed by atoms with van der Waals surface area (Å²) in [6.07, 6.45) is -4.89. The summed E-state index contributed by atoms with van der Waals surface area (Å²) < 4.78 is 38.3. The van der Waals surface area contributed by atoms with Crippen LogP contribution in [0.1, 0.15) is 29.9 Å². The van der Waals surface area contributed by atoms with E-state index in [0.717, 1.165) is 22.3 Å². The quantitative estimate of drug-likeness (QED) is 0.792. The smallest absolute Gasteiger partial charge is 0.354 e. The molecule has 28 heavy (non-hydrogen) atoms. The number of nitrogens with one attached hydrogen (secondary N) is 2. The highest BCUT2D eigenvalue weighted by atomic mass is 19.4. The van der Waals surface area contributed by atoms with Crippen LogP contribution < -0.4 is 10.6 Å². The lowest BCUT2D eigenvalue weighted by molar-refractivity contribution is -0.171. The molecule has 0 aromatic heterocycles. The zero-order valence-corrected chi connectivity index (χ0v) is 14.9. The third-order valence-corrected chi connectivity index (χ3v) is 5.53. The summed E-state index contributed by atoms with van der Waals surface area (Å²) in [6.45, 7) is 0.291. The molecule has 0 saturated carbocycles. The Labute approximate surface area is 160 Å². The molecule has 1 heterocycles. The molecule has 0 bridgehead atoms. The first-order chi connectivity index (χ1) is 13.4. The molecular weight excluding hydrogens is 369 g/mol.